The third-order valence-electron chi connectivity index (χ3n) is 3.44. The summed E-state index contributed by atoms with van der Waals surface area (Å²) in [5, 5.41) is 11.6. The topological polar surface area (TPSA) is 126 Å². The Morgan fingerprint density at radius 3 is 2.38 bits per heavy atom. The van der Waals surface area contributed by atoms with Gasteiger partial charge in [0.2, 0.25) is 0 Å². The molecule has 1 N–H and O–H groups in total. The normalized spacial score (nSPS) is 12.0. The number of alkyl carbamates (subject to hydrolysis) is 1. The second-order valence-electron chi connectivity index (χ2n) is 7.06. The quantitative estimate of drug-likeness (QED) is 0.240. The van der Waals surface area contributed by atoms with E-state index in [2.05, 4.69) is 10.2 Å². The zero-order chi connectivity index (χ0) is 21.7. The average molecular weight is 412 g/mol. The van der Waals surface area contributed by atoms with Crippen LogP contribution in [0.2, 0.25) is 0 Å². The van der Waals surface area contributed by atoms with E-state index in [1.54, 1.807) is 20.8 Å². The predicted molar refractivity (Wildman–Crippen MR) is 103 cm³/mol. The van der Waals surface area contributed by atoms with Gasteiger partial charge in [-0.2, -0.15) is 0 Å². The van der Waals surface area contributed by atoms with E-state index in [0.29, 0.717) is 12.8 Å². The van der Waals surface area contributed by atoms with Crippen molar-refractivity contribution in [2.45, 2.75) is 45.3 Å². The van der Waals surface area contributed by atoms with Crippen LogP contribution in [0.3, 0.4) is 0 Å². The summed E-state index contributed by atoms with van der Waals surface area (Å²) in [6.45, 7) is 4.95. The third-order valence-corrected chi connectivity index (χ3v) is 3.44. The van der Waals surface area contributed by atoms with Gasteiger partial charge < -0.3 is 24.4 Å². The van der Waals surface area contributed by atoms with Crippen molar-refractivity contribution in [1.29, 1.82) is 0 Å². The van der Waals surface area contributed by atoms with Crippen molar-refractivity contribution >= 4 is 12.1 Å². The summed E-state index contributed by atoms with van der Waals surface area (Å²) >= 11 is 0. The summed E-state index contributed by atoms with van der Waals surface area (Å²) in [5.41, 5.74) is 0.322. The molecule has 0 aliphatic carbocycles. The van der Waals surface area contributed by atoms with E-state index in [9.17, 15) is 19.7 Å². The van der Waals surface area contributed by atoms with Gasteiger partial charge in [-0.05, 0) is 39.2 Å². The molecule has 0 fully saturated rings. The molecule has 1 amide bonds. The summed E-state index contributed by atoms with van der Waals surface area (Å²) in [7, 11) is 0. The lowest BCUT2D eigenvalue weighted by Crippen LogP contribution is -2.44. The van der Waals surface area contributed by atoms with E-state index in [0.717, 1.165) is 5.56 Å². The van der Waals surface area contributed by atoms with Gasteiger partial charge in [-0.1, -0.05) is 30.3 Å². The van der Waals surface area contributed by atoms with Gasteiger partial charge in [0.25, 0.3) is 5.09 Å². The van der Waals surface area contributed by atoms with Crippen molar-refractivity contribution < 1.29 is 33.7 Å². The van der Waals surface area contributed by atoms with Gasteiger partial charge in [-0.15, -0.1) is 10.1 Å². The van der Waals surface area contributed by atoms with Crippen molar-refractivity contribution in [1.82, 2.24) is 5.32 Å². The number of rotatable bonds is 12. The first-order valence-corrected chi connectivity index (χ1v) is 9.22. The molecule has 1 rings (SSSR count). The van der Waals surface area contributed by atoms with Gasteiger partial charge in [0.15, 0.2) is 0 Å². The van der Waals surface area contributed by atoms with Crippen LogP contribution in [0.5, 0.6) is 0 Å². The molecule has 162 valence electrons. The molecule has 0 aliphatic heterocycles. The van der Waals surface area contributed by atoms with Crippen LogP contribution in [0.15, 0.2) is 30.3 Å². The minimum absolute atomic E-state index is 0.00781. The Morgan fingerprint density at radius 2 is 1.76 bits per heavy atom. The first kappa shape index (κ1) is 24.2. The molecule has 0 heterocycles. The SMILES string of the molecule is CC(C)(C)OC(=O)NC(CCc1ccccc1)C(=O)OCCOCCO[N+](=O)[O-]. The molecular formula is C19H28N2O8. The van der Waals surface area contributed by atoms with Gasteiger partial charge in [-0.3, -0.25) is 0 Å². The molecular weight excluding hydrogens is 384 g/mol. The fraction of sp³-hybridized carbons (Fsp3) is 0.579. The lowest BCUT2D eigenvalue weighted by Gasteiger charge is -2.23. The number of hydrogen-bond acceptors (Lipinski definition) is 8. The number of amides is 1. The minimum Gasteiger partial charge on any atom is -0.462 e. The minimum atomic E-state index is -0.914. The summed E-state index contributed by atoms with van der Waals surface area (Å²) in [5.74, 6) is -0.614. The third kappa shape index (κ3) is 12.2. The molecule has 1 unspecified atom stereocenters. The first-order chi connectivity index (χ1) is 13.7. The molecule has 0 aromatic heterocycles. The fourth-order valence-electron chi connectivity index (χ4n) is 2.23. The molecule has 1 atom stereocenters. The molecule has 0 aliphatic rings. The van der Waals surface area contributed by atoms with E-state index >= 15 is 0 Å². The van der Waals surface area contributed by atoms with Crippen LogP contribution in [0.4, 0.5) is 4.79 Å². The van der Waals surface area contributed by atoms with Gasteiger partial charge in [0.05, 0.1) is 13.2 Å². The molecule has 29 heavy (non-hydrogen) atoms. The molecule has 0 spiro atoms. The lowest BCUT2D eigenvalue weighted by atomic mass is 10.1. The molecule has 10 nitrogen and oxygen atoms in total. The molecule has 0 saturated carbocycles. The Hall–Kier alpha value is -2.88. The number of hydrogen-bond donors (Lipinski definition) is 1. The van der Waals surface area contributed by atoms with E-state index < -0.39 is 28.8 Å². The van der Waals surface area contributed by atoms with Gasteiger partial charge in [0, 0.05) is 0 Å². The van der Waals surface area contributed by atoms with Gasteiger partial charge >= 0.3 is 12.1 Å². The highest BCUT2D eigenvalue weighted by Gasteiger charge is 2.25. The summed E-state index contributed by atoms with van der Waals surface area (Å²) < 4.78 is 15.4. The van der Waals surface area contributed by atoms with E-state index in [1.165, 1.54) is 0 Å². The maximum absolute atomic E-state index is 12.4. The van der Waals surface area contributed by atoms with Crippen LogP contribution in [0.25, 0.3) is 0 Å². The first-order valence-electron chi connectivity index (χ1n) is 9.22. The van der Waals surface area contributed by atoms with Crippen molar-refractivity contribution in [2.75, 3.05) is 26.4 Å². The average Bonchev–Trinajstić information content (AvgIpc) is 2.63. The summed E-state index contributed by atoms with van der Waals surface area (Å²) in [6.07, 6.45) is 0.186. The number of ether oxygens (including phenoxy) is 3. The second-order valence-corrected chi connectivity index (χ2v) is 7.06. The Morgan fingerprint density at radius 1 is 1.10 bits per heavy atom. The van der Waals surface area contributed by atoms with E-state index in [-0.39, 0.29) is 26.4 Å². The van der Waals surface area contributed by atoms with E-state index in [1.807, 2.05) is 30.3 Å². The van der Waals surface area contributed by atoms with Crippen LogP contribution < -0.4 is 5.32 Å². The summed E-state index contributed by atoms with van der Waals surface area (Å²) in [4.78, 5) is 38.5. The second kappa shape index (κ2) is 12.6. The molecule has 1 aromatic rings. The van der Waals surface area contributed by atoms with Crippen molar-refractivity contribution in [3.8, 4) is 0 Å². The molecule has 1 aromatic carbocycles. The maximum Gasteiger partial charge on any atom is 0.408 e. The standard InChI is InChI=1S/C19H28N2O8/c1-19(2,3)29-18(23)20-16(10-9-15-7-5-4-6-8-15)17(22)27-13-11-26-12-14-28-21(24)25/h4-8,16H,9-14H2,1-3H3,(H,20,23). The fourth-order valence-corrected chi connectivity index (χ4v) is 2.23. The highest BCUT2D eigenvalue weighted by atomic mass is 17.0. The van der Waals surface area contributed by atoms with Crippen LogP contribution in [0, 0.1) is 10.1 Å². The monoisotopic (exact) mass is 412 g/mol. The van der Waals surface area contributed by atoms with Gasteiger partial charge in [-0.25, -0.2) is 9.59 Å². The molecule has 0 saturated heterocycles. The maximum atomic E-state index is 12.4. The zero-order valence-electron chi connectivity index (χ0n) is 16.9. The largest absolute Gasteiger partial charge is 0.462 e. The smallest absolute Gasteiger partial charge is 0.408 e. The highest BCUT2D eigenvalue weighted by molar-refractivity contribution is 5.81. The number of benzene rings is 1. The molecule has 0 bridgehead atoms. The van der Waals surface area contributed by atoms with Crippen molar-refractivity contribution in [3.05, 3.63) is 46.0 Å². The Kier molecular flexibility index (Phi) is 10.5. The Labute approximate surface area is 169 Å². The Bertz CT molecular complexity index is 645. The number of nitrogens with one attached hydrogen (secondary N) is 1. The van der Waals surface area contributed by atoms with Crippen molar-refractivity contribution in [3.63, 3.8) is 0 Å². The number of carbonyl (C=O) groups excluding carboxylic acids is 2. The number of aryl methyl sites for hydroxylation is 1. The van der Waals surface area contributed by atoms with Crippen LogP contribution in [0.1, 0.15) is 32.8 Å². The summed E-state index contributed by atoms with van der Waals surface area (Å²) in [6, 6.07) is 8.65. The van der Waals surface area contributed by atoms with E-state index in [4.69, 9.17) is 14.2 Å². The molecule has 10 heteroatoms. The Balaban J connectivity index is 2.49. The van der Waals surface area contributed by atoms with Crippen molar-refractivity contribution in [2.24, 2.45) is 0 Å². The number of carbonyl (C=O) groups is 2. The van der Waals surface area contributed by atoms with Gasteiger partial charge in [0.1, 0.15) is 24.9 Å². The van der Waals surface area contributed by atoms with Crippen LogP contribution in [-0.4, -0.2) is 55.2 Å². The molecule has 0 radical (unpaired) electrons. The van der Waals surface area contributed by atoms with Crippen LogP contribution in [-0.2, 0) is 30.3 Å². The predicted octanol–water partition coefficient (Wildman–Crippen LogP) is 2.28. The lowest BCUT2D eigenvalue weighted by molar-refractivity contribution is -0.758. The number of esters is 1. The van der Waals surface area contributed by atoms with Crippen LogP contribution >= 0.6 is 0 Å². The zero-order valence-corrected chi connectivity index (χ0v) is 16.9. The number of nitrogens with zero attached hydrogens (tertiary/aromatic N) is 1. The highest BCUT2D eigenvalue weighted by Crippen LogP contribution is 2.10.